The minimum absolute atomic E-state index is 0.117. The molecular formula is C15H13NO2. The maximum Gasteiger partial charge on any atom is 0.265 e. The van der Waals surface area contributed by atoms with Gasteiger partial charge in [0.1, 0.15) is 5.76 Å². The third kappa shape index (κ3) is 1.40. The summed E-state index contributed by atoms with van der Waals surface area (Å²) in [4.78, 5) is 13.8. The first-order chi connectivity index (χ1) is 8.72. The molecule has 0 spiro atoms. The maximum absolute atomic E-state index is 12.2. The fraction of sp³-hybridized carbons (Fsp3) is 0.133. The molecule has 1 amide bonds. The third-order valence-electron chi connectivity index (χ3n) is 3.15. The van der Waals surface area contributed by atoms with Crippen LogP contribution in [0.4, 0.5) is 11.6 Å². The number of nitrogens with zero attached hydrogens (tertiary/aromatic N) is 1. The van der Waals surface area contributed by atoms with Crippen molar-refractivity contribution in [2.75, 3.05) is 4.90 Å². The minimum atomic E-state index is -0.117. The Labute approximate surface area is 105 Å². The molecule has 3 rings (SSSR count). The van der Waals surface area contributed by atoms with Gasteiger partial charge in [-0.2, -0.15) is 0 Å². The molecule has 2 aromatic rings. The van der Waals surface area contributed by atoms with Gasteiger partial charge in [-0.05, 0) is 12.1 Å². The second-order valence-electron chi connectivity index (χ2n) is 4.23. The number of benzene rings is 1. The molecule has 0 N–H and O–H groups in total. The first kappa shape index (κ1) is 10.8. The van der Waals surface area contributed by atoms with Crippen molar-refractivity contribution in [3.63, 3.8) is 0 Å². The molecule has 0 unspecified atom stereocenters. The zero-order chi connectivity index (χ0) is 12.7. The fourth-order valence-electron chi connectivity index (χ4n) is 2.18. The summed E-state index contributed by atoms with van der Waals surface area (Å²) in [5.41, 5.74) is 2.22. The molecule has 0 fully saturated rings. The molecule has 18 heavy (non-hydrogen) atoms. The van der Waals surface area contributed by atoms with Crippen LogP contribution in [-0.4, -0.2) is 5.91 Å². The van der Waals surface area contributed by atoms with Gasteiger partial charge in [0.2, 0.25) is 5.88 Å². The van der Waals surface area contributed by atoms with Crippen LogP contribution in [0, 0.1) is 0 Å². The van der Waals surface area contributed by atoms with Crippen LogP contribution in [0.3, 0.4) is 0 Å². The highest BCUT2D eigenvalue weighted by Gasteiger charge is 2.33. The summed E-state index contributed by atoms with van der Waals surface area (Å²) in [5.74, 6) is 1.31. The van der Waals surface area contributed by atoms with Gasteiger partial charge in [-0.3, -0.25) is 4.79 Å². The van der Waals surface area contributed by atoms with Crippen LogP contribution in [0.1, 0.15) is 18.2 Å². The van der Waals surface area contributed by atoms with Crippen molar-refractivity contribution in [3.8, 4) is 0 Å². The van der Waals surface area contributed by atoms with Crippen molar-refractivity contribution >= 4 is 23.1 Å². The van der Waals surface area contributed by atoms with Crippen molar-refractivity contribution in [2.24, 2.45) is 0 Å². The summed E-state index contributed by atoms with van der Waals surface area (Å²) in [7, 11) is 0. The molecule has 0 atom stereocenters. The van der Waals surface area contributed by atoms with Gasteiger partial charge in [0.25, 0.3) is 5.91 Å². The molecule has 3 heteroatoms. The van der Waals surface area contributed by atoms with Crippen molar-refractivity contribution in [2.45, 2.75) is 13.3 Å². The molecule has 0 saturated carbocycles. The number of para-hydroxylation sites is 1. The Morgan fingerprint density at radius 2 is 2.00 bits per heavy atom. The summed E-state index contributed by atoms with van der Waals surface area (Å²) in [6, 6.07) is 11.3. The molecule has 3 nitrogen and oxygen atoms in total. The zero-order valence-electron chi connectivity index (χ0n) is 10.1. The largest absolute Gasteiger partial charge is 0.445 e. The molecule has 1 aliphatic rings. The van der Waals surface area contributed by atoms with E-state index in [1.807, 2.05) is 43.3 Å². The Hall–Kier alpha value is -2.29. The van der Waals surface area contributed by atoms with Crippen LogP contribution < -0.4 is 4.90 Å². The predicted molar refractivity (Wildman–Crippen MR) is 70.7 cm³/mol. The summed E-state index contributed by atoms with van der Waals surface area (Å²) >= 11 is 0. The van der Waals surface area contributed by atoms with Crippen LogP contribution in [0.25, 0.3) is 5.57 Å². The number of hydrogen-bond donors (Lipinski definition) is 0. The Bertz CT molecular complexity index is 639. The van der Waals surface area contributed by atoms with E-state index >= 15 is 0 Å². The Kier molecular flexibility index (Phi) is 2.33. The quantitative estimate of drug-likeness (QED) is 0.751. The summed E-state index contributed by atoms with van der Waals surface area (Å²) in [5, 5.41) is 0. The molecule has 0 aliphatic carbocycles. The van der Waals surface area contributed by atoms with Crippen molar-refractivity contribution in [3.05, 3.63) is 54.3 Å². The Morgan fingerprint density at radius 1 is 1.22 bits per heavy atom. The van der Waals surface area contributed by atoms with Crippen LogP contribution >= 0.6 is 0 Å². The summed E-state index contributed by atoms with van der Waals surface area (Å²) < 4.78 is 5.66. The zero-order valence-corrected chi connectivity index (χ0v) is 10.1. The highest BCUT2D eigenvalue weighted by molar-refractivity contribution is 6.34. The number of carbonyl (C=O) groups excluding carboxylic acids is 1. The van der Waals surface area contributed by atoms with Gasteiger partial charge in [0.05, 0.1) is 5.69 Å². The van der Waals surface area contributed by atoms with Crippen molar-refractivity contribution < 1.29 is 9.21 Å². The van der Waals surface area contributed by atoms with Crippen molar-refractivity contribution in [1.82, 2.24) is 0 Å². The van der Waals surface area contributed by atoms with Gasteiger partial charge in [0.15, 0.2) is 0 Å². The summed E-state index contributed by atoms with van der Waals surface area (Å²) in [6.07, 6.45) is 0.810. The molecule has 1 aromatic heterocycles. The number of rotatable bonds is 2. The van der Waals surface area contributed by atoms with Gasteiger partial charge >= 0.3 is 0 Å². The molecule has 2 heterocycles. The first-order valence-corrected chi connectivity index (χ1v) is 5.94. The van der Waals surface area contributed by atoms with Crippen LogP contribution in [0.15, 0.2) is 47.4 Å². The molecular weight excluding hydrogens is 226 g/mol. The molecule has 90 valence electrons. The average Bonchev–Trinajstić information content (AvgIpc) is 2.95. The predicted octanol–water partition coefficient (Wildman–Crippen LogP) is 3.53. The van der Waals surface area contributed by atoms with E-state index in [0.717, 1.165) is 23.4 Å². The van der Waals surface area contributed by atoms with E-state index in [2.05, 4.69) is 6.58 Å². The molecule has 0 bridgehead atoms. The number of amides is 1. The smallest absolute Gasteiger partial charge is 0.265 e. The lowest BCUT2D eigenvalue weighted by molar-refractivity contribution is -0.112. The van der Waals surface area contributed by atoms with E-state index in [4.69, 9.17) is 4.42 Å². The maximum atomic E-state index is 12.2. The SMILES string of the molecule is C=C1C(=O)N(c2ccc(CC)o2)c2ccccc21. The number of furan rings is 1. The lowest BCUT2D eigenvalue weighted by Crippen LogP contribution is -2.19. The number of carbonyl (C=O) groups is 1. The second-order valence-corrected chi connectivity index (χ2v) is 4.23. The first-order valence-electron chi connectivity index (χ1n) is 5.94. The lowest BCUT2D eigenvalue weighted by Gasteiger charge is -2.13. The molecule has 1 aliphatic heterocycles. The minimum Gasteiger partial charge on any atom is -0.445 e. The summed E-state index contributed by atoms with van der Waals surface area (Å²) in [6.45, 7) is 5.86. The Balaban J connectivity index is 2.13. The molecule has 0 radical (unpaired) electrons. The average molecular weight is 239 g/mol. The van der Waals surface area contributed by atoms with Crippen molar-refractivity contribution in [1.29, 1.82) is 0 Å². The van der Waals surface area contributed by atoms with Gasteiger partial charge in [-0.15, -0.1) is 0 Å². The second kappa shape index (κ2) is 3.88. The third-order valence-corrected chi connectivity index (χ3v) is 3.15. The van der Waals surface area contributed by atoms with E-state index in [-0.39, 0.29) is 5.91 Å². The number of anilines is 2. The standard InChI is InChI=1S/C15H13NO2/c1-3-11-8-9-14(18-11)16-13-7-5-4-6-12(13)10(2)15(16)17/h4-9H,2-3H2,1H3. The van der Waals surface area contributed by atoms with E-state index in [1.54, 1.807) is 4.90 Å². The Morgan fingerprint density at radius 3 is 2.72 bits per heavy atom. The molecule has 1 aromatic carbocycles. The van der Waals surface area contributed by atoms with E-state index in [0.29, 0.717) is 11.5 Å². The highest BCUT2D eigenvalue weighted by atomic mass is 16.4. The van der Waals surface area contributed by atoms with E-state index < -0.39 is 0 Å². The fourth-order valence-corrected chi connectivity index (χ4v) is 2.18. The van der Waals surface area contributed by atoms with Gasteiger partial charge < -0.3 is 4.42 Å². The number of aryl methyl sites for hydroxylation is 1. The monoisotopic (exact) mass is 239 g/mol. The number of fused-ring (bicyclic) bond motifs is 1. The van der Waals surface area contributed by atoms with Gasteiger partial charge in [-0.25, -0.2) is 4.90 Å². The van der Waals surface area contributed by atoms with Crippen LogP contribution in [0.2, 0.25) is 0 Å². The van der Waals surface area contributed by atoms with Gasteiger partial charge in [-0.1, -0.05) is 31.7 Å². The van der Waals surface area contributed by atoms with E-state index in [1.165, 1.54) is 0 Å². The van der Waals surface area contributed by atoms with Crippen LogP contribution in [-0.2, 0) is 11.2 Å². The topological polar surface area (TPSA) is 33.5 Å². The molecule has 0 saturated heterocycles. The number of hydrogen-bond acceptors (Lipinski definition) is 2. The van der Waals surface area contributed by atoms with Gasteiger partial charge in [0, 0.05) is 23.6 Å². The van der Waals surface area contributed by atoms with Crippen LogP contribution in [0.5, 0.6) is 0 Å². The van der Waals surface area contributed by atoms with E-state index in [9.17, 15) is 4.79 Å². The normalized spacial score (nSPS) is 14.2. The highest BCUT2D eigenvalue weighted by Crippen LogP contribution is 2.40. The lowest BCUT2D eigenvalue weighted by atomic mass is 10.1.